The van der Waals surface area contributed by atoms with Gasteiger partial charge in [-0.15, -0.1) is 0 Å². The summed E-state index contributed by atoms with van der Waals surface area (Å²) in [6.07, 6.45) is 1.28. The minimum atomic E-state index is 0.261. The van der Waals surface area contributed by atoms with Crippen LogP contribution in [0.2, 0.25) is 0 Å². The van der Waals surface area contributed by atoms with Crippen molar-refractivity contribution in [3.63, 3.8) is 0 Å². The Kier molecular flexibility index (Phi) is 6.15. The highest BCUT2D eigenvalue weighted by atomic mass is 15.3. The predicted octanol–water partition coefficient (Wildman–Crippen LogP) is 10.7. The highest BCUT2D eigenvalue weighted by Gasteiger charge is 2.28. The van der Waals surface area contributed by atoms with E-state index >= 15 is 0 Å². The lowest BCUT2D eigenvalue weighted by atomic mass is 9.92. The van der Waals surface area contributed by atoms with E-state index in [1.54, 1.807) is 0 Å². The van der Waals surface area contributed by atoms with Crippen LogP contribution in [0.25, 0.3) is 55.2 Å². The maximum atomic E-state index is 5.11. The lowest BCUT2D eigenvalue weighted by Crippen LogP contribution is -2.30. The molecule has 206 valence electrons. The van der Waals surface area contributed by atoms with E-state index in [1.807, 2.05) is 0 Å². The molecule has 0 bridgehead atoms. The van der Waals surface area contributed by atoms with Crippen molar-refractivity contribution in [1.29, 1.82) is 0 Å². The monoisotopic (exact) mass is 553 g/mol. The molecule has 1 aromatic heterocycles. The van der Waals surface area contributed by atoms with Gasteiger partial charge in [0.1, 0.15) is 6.17 Å². The number of nitrogens with zero attached hydrogens (tertiary/aromatic N) is 2. The summed E-state index contributed by atoms with van der Waals surface area (Å²) < 4.78 is 0. The van der Waals surface area contributed by atoms with Gasteiger partial charge in [-0.25, -0.2) is 4.98 Å². The van der Waals surface area contributed by atoms with Gasteiger partial charge < -0.3 is 10.2 Å². The summed E-state index contributed by atoms with van der Waals surface area (Å²) in [5.74, 6) is 0. The molecular weight excluding hydrogens is 522 g/mol. The Morgan fingerprint density at radius 3 is 2.02 bits per heavy atom. The molecule has 2 heterocycles. The molecule has 3 nitrogen and oxygen atoms in total. The van der Waals surface area contributed by atoms with Gasteiger partial charge in [0.2, 0.25) is 0 Å². The third-order valence-corrected chi connectivity index (χ3v) is 8.63. The molecule has 1 unspecified atom stereocenters. The number of fused-ring (bicyclic) bond motifs is 4. The number of aromatic nitrogens is 1. The zero-order chi connectivity index (χ0) is 28.8. The van der Waals surface area contributed by atoms with Gasteiger partial charge >= 0.3 is 0 Å². The van der Waals surface area contributed by atoms with Crippen molar-refractivity contribution in [2.24, 2.45) is 0 Å². The molecule has 1 aliphatic rings. The minimum absolute atomic E-state index is 0.261. The molecule has 0 amide bonds. The molecule has 1 aliphatic heterocycles. The molecule has 7 aromatic rings. The van der Waals surface area contributed by atoms with E-state index in [9.17, 15) is 0 Å². The third-order valence-electron chi connectivity index (χ3n) is 8.63. The summed E-state index contributed by atoms with van der Waals surface area (Å²) in [5.41, 5.74) is 11.6. The van der Waals surface area contributed by atoms with Gasteiger partial charge in [0, 0.05) is 27.4 Å². The van der Waals surface area contributed by atoms with Crippen LogP contribution in [-0.4, -0.2) is 11.1 Å². The second-order valence-corrected chi connectivity index (χ2v) is 11.2. The molecule has 0 spiro atoms. The molecule has 0 radical (unpaired) electrons. The second-order valence-electron chi connectivity index (χ2n) is 11.2. The zero-order valence-corrected chi connectivity index (χ0v) is 24.0. The normalized spacial score (nSPS) is 14.2. The Morgan fingerprint density at radius 2 is 1.23 bits per heavy atom. The van der Waals surface area contributed by atoms with Crippen LogP contribution in [0, 0.1) is 0 Å². The van der Waals surface area contributed by atoms with Crippen LogP contribution in [0.15, 0.2) is 146 Å². The summed E-state index contributed by atoms with van der Waals surface area (Å²) in [6, 6.07) is 52.1. The fourth-order valence-corrected chi connectivity index (χ4v) is 6.54. The summed E-state index contributed by atoms with van der Waals surface area (Å²) in [6.45, 7) is 2.23. The zero-order valence-electron chi connectivity index (χ0n) is 24.0. The van der Waals surface area contributed by atoms with Crippen molar-refractivity contribution >= 4 is 38.7 Å². The van der Waals surface area contributed by atoms with Crippen molar-refractivity contribution in [1.82, 2.24) is 4.98 Å². The number of benzene rings is 6. The quantitative estimate of drug-likeness (QED) is 0.215. The fourth-order valence-electron chi connectivity index (χ4n) is 6.54. The lowest BCUT2D eigenvalue weighted by molar-refractivity contribution is 0.728. The van der Waals surface area contributed by atoms with Crippen LogP contribution < -0.4 is 10.2 Å². The number of anilines is 3. The van der Waals surface area contributed by atoms with E-state index in [-0.39, 0.29) is 6.17 Å². The largest absolute Gasteiger partial charge is 0.363 e. The van der Waals surface area contributed by atoms with Gasteiger partial charge in [-0.2, -0.15) is 0 Å². The van der Waals surface area contributed by atoms with E-state index < -0.39 is 0 Å². The van der Waals surface area contributed by atoms with Gasteiger partial charge in [-0.1, -0.05) is 122 Å². The first-order valence-corrected chi connectivity index (χ1v) is 15.0. The summed E-state index contributed by atoms with van der Waals surface area (Å²) in [5, 5.41) is 7.25. The first-order chi connectivity index (χ1) is 21.3. The van der Waals surface area contributed by atoms with Gasteiger partial charge in [-0.05, 0) is 59.0 Å². The van der Waals surface area contributed by atoms with Crippen LogP contribution in [0.5, 0.6) is 0 Å². The van der Waals surface area contributed by atoms with Crippen LogP contribution >= 0.6 is 0 Å². The number of para-hydroxylation sites is 3. The average Bonchev–Trinajstić information content (AvgIpc) is 3.47. The smallest absolute Gasteiger partial charge is 0.104 e. The minimum Gasteiger partial charge on any atom is -0.363 e. The fraction of sp³-hybridized carbons (Fsp3) is 0.0750. The van der Waals surface area contributed by atoms with E-state index in [0.29, 0.717) is 0 Å². The SMILES string of the molecule is CCC1Nc2ccccc2N1c1ccc(-c2ccc(-c3cccc4c(-c5ccccc5)nc5ccccc5c34)cc2)cc1. The first-order valence-electron chi connectivity index (χ1n) is 15.0. The van der Waals surface area contributed by atoms with Crippen molar-refractivity contribution in [3.8, 4) is 33.5 Å². The summed E-state index contributed by atoms with van der Waals surface area (Å²) in [7, 11) is 0. The molecule has 1 atom stereocenters. The topological polar surface area (TPSA) is 28.2 Å². The van der Waals surface area contributed by atoms with Crippen LogP contribution in [0.3, 0.4) is 0 Å². The number of rotatable bonds is 5. The molecular formula is C40H31N3. The number of hydrogen-bond donors (Lipinski definition) is 1. The van der Waals surface area contributed by atoms with E-state index in [0.717, 1.165) is 23.2 Å². The Labute approximate surface area is 252 Å². The van der Waals surface area contributed by atoms with Crippen LogP contribution in [0.1, 0.15) is 13.3 Å². The van der Waals surface area contributed by atoms with Crippen LogP contribution in [0.4, 0.5) is 17.1 Å². The third kappa shape index (κ3) is 4.33. The summed E-state index contributed by atoms with van der Waals surface area (Å²) in [4.78, 5) is 7.52. The van der Waals surface area contributed by atoms with Gasteiger partial charge in [0.25, 0.3) is 0 Å². The van der Waals surface area contributed by atoms with Crippen molar-refractivity contribution in [3.05, 3.63) is 146 Å². The van der Waals surface area contributed by atoms with Crippen LogP contribution in [-0.2, 0) is 0 Å². The molecule has 6 aromatic carbocycles. The van der Waals surface area contributed by atoms with Gasteiger partial charge in [0.15, 0.2) is 0 Å². The maximum absolute atomic E-state index is 5.11. The average molecular weight is 554 g/mol. The van der Waals surface area contributed by atoms with E-state index in [4.69, 9.17) is 4.98 Å². The van der Waals surface area contributed by atoms with Gasteiger partial charge in [-0.3, -0.25) is 0 Å². The molecule has 1 N–H and O–H groups in total. The predicted molar refractivity (Wildman–Crippen MR) is 182 cm³/mol. The first kappa shape index (κ1) is 25.3. The second kappa shape index (κ2) is 10.5. The van der Waals surface area contributed by atoms with Crippen molar-refractivity contribution in [2.45, 2.75) is 19.5 Å². The van der Waals surface area contributed by atoms with E-state index in [2.05, 4.69) is 163 Å². The molecule has 8 rings (SSSR count). The highest BCUT2D eigenvalue weighted by Crippen LogP contribution is 2.42. The number of pyridine rings is 1. The standard InChI is InChI=1S/C40H31N3/c1-2-38-41-36-17-8-9-18-37(36)43(38)31-25-23-28(24-26-31)27-19-21-29(22-20-27)32-14-10-15-34-39(32)33-13-6-7-16-35(33)42-40(34)30-11-4-3-5-12-30/h3-26,38,41H,2H2,1H3. The number of hydrogen-bond acceptors (Lipinski definition) is 3. The van der Waals surface area contributed by atoms with Gasteiger partial charge in [0.05, 0.1) is 22.6 Å². The Hall–Kier alpha value is -5.41. The molecule has 3 heteroatoms. The molecule has 43 heavy (non-hydrogen) atoms. The Bertz CT molecular complexity index is 2080. The summed E-state index contributed by atoms with van der Waals surface area (Å²) >= 11 is 0. The molecule has 0 fully saturated rings. The molecule has 0 aliphatic carbocycles. The Balaban J connectivity index is 1.17. The van der Waals surface area contributed by atoms with Crippen molar-refractivity contribution in [2.75, 3.05) is 10.2 Å². The van der Waals surface area contributed by atoms with E-state index in [1.165, 1.54) is 55.5 Å². The van der Waals surface area contributed by atoms with Crippen molar-refractivity contribution < 1.29 is 0 Å². The maximum Gasteiger partial charge on any atom is 0.104 e. The lowest BCUT2D eigenvalue weighted by Gasteiger charge is -2.26. The Morgan fingerprint density at radius 1 is 0.581 bits per heavy atom. The molecule has 0 saturated heterocycles. The highest BCUT2D eigenvalue weighted by molar-refractivity contribution is 6.17. The number of nitrogens with one attached hydrogen (secondary N) is 1. The molecule has 0 saturated carbocycles.